The number of ether oxygens (including phenoxy) is 1. The van der Waals surface area contributed by atoms with E-state index in [2.05, 4.69) is 0 Å². The van der Waals surface area contributed by atoms with Crippen molar-refractivity contribution in [3.05, 3.63) is 29.3 Å². The summed E-state index contributed by atoms with van der Waals surface area (Å²) in [6.07, 6.45) is 0. The number of halogens is 2. The summed E-state index contributed by atoms with van der Waals surface area (Å²) < 4.78 is 27.7. The van der Waals surface area contributed by atoms with Crippen molar-refractivity contribution in [3.63, 3.8) is 0 Å². The minimum Gasteiger partial charge on any atom is -0.493 e. The third kappa shape index (κ3) is 5.94. The van der Waals surface area contributed by atoms with Gasteiger partial charge in [0.15, 0.2) is 0 Å². The van der Waals surface area contributed by atoms with E-state index in [0.717, 1.165) is 0 Å². The van der Waals surface area contributed by atoms with Gasteiger partial charge in [-0.05, 0) is 30.2 Å². The molecular formula is C12H16Cl2O3S. The normalized spacial score (nSPS) is 13.6. The highest BCUT2D eigenvalue weighted by atomic mass is 35.7. The van der Waals surface area contributed by atoms with Crippen molar-refractivity contribution in [1.82, 2.24) is 0 Å². The zero-order chi connectivity index (χ0) is 13.8. The van der Waals surface area contributed by atoms with Crippen LogP contribution in [0.1, 0.15) is 13.8 Å². The van der Waals surface area contributed by atoms with Gasteiger partial charge in [0, 0.05) is 21.6 Å². The van der Waals surface area contributed by atoms with Gasteiger partial charge < -0.3 is 4.74 Å². The molecule has 0 heterocycles. The van der Waals surface area contributed by atoms with Crippen molar-refractivity contribution >= 4 is 31.3 Å². The van der Waals surface area contributed by atoms with Gasteiger partial charge >= 0.3 is 0 Å². The molecule has 0 radical (unpaired) electrons. The molecule has 1 atom stereocenters. The van der Waals surface area contributed by atoms with Gasteiger partial charge in [-0.2, -0.15) is 0 Å². The second-order valence-corrected chi connectivity index (χ2v) is 7.73. The van der Waals surface area contributed by atoms with Crippen LogP contribution >= 0.6 is 22.3 Å². The Labute approximate surface area is 117 Å². The number of hydrogen-bond donors (Lipinski definition) is 0. The summed E-state index contributed by atoms with van der Waals surface area (Å²) in [7, 11) is 1.77. The van der Waals surface area contributed by atoms with E-state index in [0.29, 0.717) is 17.4 Å². The molecule has 0 fully saturated rings. The second kappa shape index (κ2) is 6.64. The lowest BCUT2D eigenvalue weighted by molar-refractivity contribution is 0.225. The lowest BCUT2D eigenvalue weighted by Crippen LogP contribution is -2.24. The lowest BCUT2D eigenvalue weighted by Gasteiger charge is -2.19. The molecule has 0 aromatic heterocycles. The fourth-order valence-corrected chi connectivity index (χ4v) is 3.03. The van der Waals surface area contributed by atoms with Crippen molar-refractivity contribution < 1.29 is 13.2 Å². The van der Waals surface area contributed by atoms with Crippen molar-refractivity contribution in [2.24, 2.45) is 11.8 Å². The Bertz CT molecular complexity index is 469. The molecule has 0 N–H and O–H groups in total. The van der Waals surface area contributed by atoms with Crippen LogP contribution in [0.2, 0.25) is 5.02 Å². The smallest absolute Gasteiger partial charge is 0.233 e. The van der Waals surface area contributed by atoms with E-state index < -0.39 is 9.05 Å². The SMILES string of the molecule is CC(C)C(COc1ccc(Cl)cc1)CS(=O)(=O)Cl. The first-order chi connectivity index (χ1) is 8.28. The molecule has 102 valence electrons. The van der Waals surface area contributed by atoms with Crippen LogP contribution in [0.3, 0.4) is 0 Å². The molecule has 0 aliphatic carbocycles. The molecule has 0 spiro atoms. The molecule has 18 heavy (non-hydrogen) atoms. The highest BCUT2D eigenvalue weighted by molar-refractivity contribution is 8.13. The summed E-state index contributed by atoms with van der Waals surface area (Å²) >= 11 is 5.76. The fourth-order valence-electron chi connectivity index (χ4n) is 1.42. The van der Waals surface area contributed by atoms with Crippen molar-refractivity contribution in [2.45, 2.75) is 13.8 Å². The molecule has 0 aliphatic rings. The van der Waals surface area contributed by atoms with E-state index >= 15 is 0 Å². The van der Waals surface area contributed by atoms with E-state index in [4.69, 9.17) is 27.0 Å². The van der Waals surface area contributed by atoms with Crippen LogP contribution < -0.4 is 4.74 Å². The first-order valence-electron chi connectivity index (χ1n) is 5.58. The molecule has 0 saturated carbocycles. The van der Waals surface area contributed by atoms with Gasteiger partial charge in [0.1, 0.15) is 5.75 Å². The number of hydrogen-bond acceptors (Lipinski definition) is 3. The maximum atomic E-state index is 11.1. The van der Waals surface area contributed by atoms with E-state index in [1.165, 1.54) is 0 Å². The average molecular weight is 311 g/mol. The molecule has 1 unspecified atom stereocenters. The molecule has 1 rings (SSSR count). The Morgan fingerprint density at radius 2 is 1.78 bits per heavy atom. The highest BCUT2D eigenvalue weighted by Gasteiger charge is 2.21. The minimum absolute atomic E-state index is 0.0835. The Kier molecular flexibility index (Phi) is 5.76. The Morgan fingerprint density at radius 3 is 2.22 bits per heavy atom. The van der Waals surface area contributed by atoms with Crippen LogP contribution in [0.5, 0.6) is 5.75 Å². The van der Waals surface area contributed by atoms with Gasteiger partial charge in [-0.15, -0.1) is 0 Å². The lowest BCUT2D eigenvalue weighted by atomic mass is 9.99. The van der Waals surface area contributed by atoms with E-state index in [-0.39, 0.29) is 17.6 Å². The van der Waals surface area contributed by atoms with Crippen molar-refractivity contribution in [3.8, 4) is 5.75 Å². The van der Waals surface area contributed by atoms with E-state index in [1.807, 2.05) is 13.8 Å². The minimum atomic E-state index is -3.51. The Hall–Kier alpha value is -0.450. The predicted octanol–water partition coefficient (Wildman–Crippen LogP) is 3.56. The average Bonchev–Trinajstić information content (AvgIpc) is 2.24. The predicted molar refractivity (Wildman–Crippen MR) is 74.9 cm³/mol. The van der Waals surface area contributed by atoms with Crippen LogP contribution in [-0.4, -0.2) is 20.8 Å². The van der Waals surface area contributed by atoms with Gasteiger partial charge in [-0.25, -0.2) is 8.42 Å². The number of rotatable bonds is 6. The standard InChI is InChI=1S/C12H16Cl2O3S/c1-9(2)10(8-18(14,15)16)7-17-12-5-3-11(13)4-6-12/h3-6,9-10H,7-8H2,1-2H3. The molecule has 1 aromatic rings. The van der Waals surface area contributed by atoms with Gasteiger partial charge in [0.25, 0.3) is 0 Å². The molecule has 3 nitrogen and oxygen atoms in total. The Balaban J connectivity index is 2.60. The zero-order valence-corrected chi connectivity index (χ0v) is 12.6. The molecule has 1 aromatic carbocycles. The fraction of sp³-hybridized carbons (Fsp3) is 0.500. The molecular weight excluding hydrogens is 295 g/mol. The van der Waals surface area contributed by atoms with Crippen LogP contribution in [0.25, 0.3) is 0 Å². The third-order valence-corrected chi connectivity index (χ3v) is 4.09. The summed E-state index contributed by atoms with van der Waals surface area (Å²) in [4.78, 5) is 0. The monoisotopic (exact) mass is 310 g/mol. The van der Waals surface area contributed by atoms with Gasteiger partial charge in [-0.1, -0.05) is 25.4 Å². The Morgan fingerprint density at radius 1 is 1.22 bits per heavy atom. The summed E-state index contributed by atoms with van der Waals surface area (Å²) in [6.45, 7) is 4.20. The molecule has 0 amide bonds. The van der Waals surface area contributed by atoms with Crippen LogP contribution in [-0.2, 0) is 9.05 Å². The highest BCUT2D eigenvalue weighted by Crippen LogP contribution is 2.20. The summed E-state index contributed by atoms with van der Waals surface area (Å²) in [5, 5.41) is 0.631. The molecule has 0 aliphatic heterocycles. The summed E-state index contributed by atoms with van der Waals surface area (Å²) in [5.74, 6) is 0.617. The number of benzene rings is 1. The maximum absolute atomic E-state index is 11.1. The molecule has 6 heteroatoms. The topological polar surface area (TPSA) is 43.4 Å². The van der Waals surface area contributed by atoms with Gasteiger partial charge in [-0.3, -0.25) is 0 Å². The quantitative estimate of drug-likeness (QED) is 0.755. The van der Waals surface area contributed by atoms with E-state index in [1.54, 1.807) is 24.3 Å². The van der Waals surface area contributed by atoms with Crippen molar-refractivity contribution in [1.29, 1.82) is 0 Å². The summed E-state index contributed by atoms with van der Waals surface area (Å²) in [6, 6.07) is 6.93. The first kappa shape index (κ1) is 15.6. The van der Waals surface area contributed by atoms with Crippen molar-refractivity contribution in [2.75, 3.05) is 12.4 Å². The zero-order valence-electron chi connectivity index (χ0n) is 10.3. The van der Waals surface area contributed by atoms with Crippen LogP contribution in [0.4, 0.5) is 0 Å². The van der Waals surface area contributed by atoms with Crippen LogP contribution in [0.15, 0.2) is 24.3 Å². The summed E-state index contributed by atoms with van der Waals surface area (Å²) in [5.41, 5.74) is 0. The van der Waals surface area contributed by atoms with Crippen LogP contribution in [0, 0.1) is 11.8 Å². The van der Waals surface area contributed by atoms with E-state index in [9.17, 15) is 8.42 Å². The molecule has 0 saturated heterocycles. The maximum Gasteiger partial charge on any atom is 0.233 e. The second-order valence-electron chi connectivity index (χ2n) is 4.47. The largest absolute Gasteiger partial charge is 0.493 e. The third-order valence-electron chi connectivity index (χ3n) is 2.63. The van der Waals surface area contributed by atoms with Gasteiger partial charge in [0.2, 0.25) is 9.05 Å². The van der Waals surface area contributed by atoms with Gasteiger partial charge in [0.05, 0.1) is 12.4 Å². The molecule has 0 bridgehead atoms. The first-order valence-corrected chi connectivity index (χ1v) is 8.44.